The second-order valence-electron chi connectivity index (χ2n) is 5.24. The van der Waals surface area contributed by atoms with Crippen LogP contribution in [0.5, 0.6) is 0 Å². The maximum atomic E-state index is 12.0. The first-order valence-corrected chi connectivity index (χ1v) is 8.82. The molecule has 0 fully saturated rings. The fraction of sp³-hybridized carbons (Fsp3) is 0.176. The van der Waals surface area contributed by atoms with E-state index in [-0.39, 0.29) is 24.5 Å². The molecule has 0 bridgehead atoms. The van der Waals surface area contributed by atoms with Crippen LogP contribution in [-0.4, -0.2) is 26.5 Å². The van der Waals surface area contributed by atoms with Crippen LogP contribution in [0.1, 0.15) is 28.1 Å². The van der Waals surface area contributed by atoms with Gasteiger partial charge in [0.05, 0.1) is 9.21 Å². The van der Waals surface area contributed by atoms with Crippen molar-refractivity contribution in [2.75, 3.05) is 0 Å². The summed E-state index contributed by atoms with van der Waals surface area (Å²) in [5.74, 6) is 0.397. The zero-order valence-electron chi connectivity index (χ0n) is 13.2. The van der Waals surface area contributed by atoms with Crippen LogP contribution in [0.2, 0.25) is 4.34 Å². The third-order valence-corrected chi connectivity index (χ3v) is 4.76. The van der Waals surface area contributed by atoms with Gasteiger partial charge in [-0.2, -0.15) is 5.10 Å². The summed E-state index contributed by atoms with van der Waals surface area (Å²) >= 11 is 7.04. The molecule has 3 rings (SSSR count). The summed E-state index contributed by atoms with van der Waals surface area (Å²) in [6.07, 6.45) is 5.42. The summed E-state index contributed by atoms with van der Waals surface area (Å²) in [5, 5.41) is 6.97. The van der Waals surface area contributed by atoms with Crippen LogP contribution < -0.4 is 5.32 Å². The molecule has 3 heterocycles. The van der Waals surface area contributed by atoms with Crippen LogP contribution in [0, 0.1) is 0 Å². The standard InChI is InChI=1S/C17H15ClN4O2S/c18-15-6-5-14(25-15)13(23)4-7-16(24)20-11-12-3-1-8-19-17(12)22-10-2-9-21-22/h1-3,5-6,8-10H,4,7,11H2,(H,20,24). The van der Waals surface area contributed by atoms with Crippen LogP contribution in [0.25, 0.3) is 5.82 Å². The van der Waals surface area contributed by atoms with Crippen molar-refractivity contribution in [1.29, 1.82) is 0 Å². The van der Waals surface area contributed by atoms with Crippen molar-refractivity contribution in [2.24, 2.45) is 0 Å². The third kappa shape index (κ3) is 4.52. The number of aromatic nitrogens is 3. The molecule has 25 heavy (non-hydrogen) atoms. The lowest BCUT2D eigenvalue weighted by Crippen LogP contribution is -2.24. The predicted octanol–water partition coefficient (Wildman–Crippen LogP) is 3.26. The van der Waals surface area contributed by atoms with E-state index < -0.39 is 0 Å². The van der Waals surface area contributed by atoms with Crippen molar-refractivity contribution in [3.8, 4) is 5.82 Å². The van der Waals surface area contributed by atoms with Gasteiger partial charge < -0.3 is 5.32 Å². The lowest BCUT2D eigenvalue weighted by atomic mass is 10.2. The third-order valence-electron chi connectivity index (χ3n) is 3.49. The number of carbonyl (C=O) groups is 2. The van der Waals surface area contributed by atoms with Gasteiger partial charge in [-0.1, -0.05) is 17.7 Å². The van der Waals surface area contributed by atoms with E-state index in [1.807, 2.05) is 6.07 Å². The van der Waals surface area contributed by atoms with E-state index in [1.54, 1.807) is 47.5 Å². The van der Waals surface area contributed by atoms with Gasteiger partial charge in [0.2, 0.25) is 5.91 Å². The van der Waals surface area contributed by atoms with E-state index in [0.29, 0.717) is 21.6 Å². The summed E-state index contributed by atoms with van der Waals surface area (Å²) in [6, 6.07) is 8.85. The Morgan fingerprint density at radius 2 is 2.04 bits per heavy atom. The van der Waals surface area contributed by atoms with E-state index >= 15 is 0 Å². The molecular weight excluding hydrogens is 360 g/mol. The molecule has 0 aromatic carbocycles. The molecule has 128 valence electrons. The Kier molecular flexibility index (Phi) is 5.57. The molecule has 0 aliphatic carbocycles. The molecule has 0 saturated carbocycles. The minimum Gasteiger partial charge on any atom is -0.352 e. The number of nitrogens with one attached hydrogen (secondary N) is 1. The number of thiophene rings is 1. The van der Waals surface area contributed by atoms with E-state index in [9.17, 15) is 9.59 Å². The minimum atomic E-state index is -0.189. The summed E-state index contributed by atoms with van der Waals surface area (Å²) < 4.78 is 2.21. The van der Waals surface area contributed by atoms with Gasteiger partial charge in [0, 0.05) is 43.5 Å². The largest absolute Gasteiger partial charge is 0.352 e. The van der Waals surface area contributed by atoms with Crippen LogP contribution in [0.15, 0.2) is 48.9 Å². The summed E-state index contributed by atoms with van der Waals surface area (Å²) in [6.45, 7) is 0.320. The molecule has 6 nitrogen and oxygen atoms in total. The normalized spacial score (nSPS) is 10.6. The van der Waals surface area contributed by atoms with Crippen LogP contribution in [0.3, 0.4) is 0 Å². The fourth-order valence-corrected chi connectivity index (χ4v) is 3.28. The molecule has 1 amide bonds. The Morgan fingerprint density at radius 3 is 2.76 bits per heavy atom. The van der Waals surface area contributed by atoms with E-state index in [2.05, 4.69) is 15.4 Å². The van der Waals surface area contributed by atoms with Crippen molar-refractivity contribution in [3.05, 3.63) is 63.7 Å². The van der Waals surface area contributed by atoms with Gasteiger partial charge in [-0.25, -0.2) is 9.67 Å². The number of nitrogens with zero attached hydrogens (tertiary/aromatic N) is 3. The topological polar surface area (TPSA) is 76.9 Å². The molecule has 3 aromatic rings. The van der Waals surface area contributed by atoms with Gasteiger partial charge in [0.1, 0.15) is 0 Å². The molecule has 1 N–H and O–H groups in total. The maximum absolute atomic E-state index is 12.0. The quantitative estimate of drug-likeness (QED) is 0.644. The average molecular weight is 375 g/mol. The molecule has 0 saturated heterocycles. The molecule has 8 heteroatoms. The second kappa shape index (κ2) is 8.04. The SMILES string of the molecule is O=C(CCC(=O)c1ccc(Cl)s1)NCc1cccnc1-n1cccn1. The monoisotopic (exact) mass is 374 g/mol. The number of pyridine rings is 1. The molecule has 0 atom stereocenters. The lowest BCUT2D eigenvalue weighted by Gasteiger charge is -2.09. The van der Waals surface area contributed by atoms with E-state index in [1.165, 1.54) is 11.3 Å². The van der Waals surface area contributed by atoms with Crippen LogP contribution in [0.4, 0.5) is 0 Å². The Bertz CT molecular complexity index is 876. The van der Waals surface area contributed by atoms with Crippen molar-refractivity contribution in [3.63, 3.8) is 0 Å². The van der Waals surface area contributed by atoms with Gasteiger partial charge >= 0.3 is 0 Å². The first-order chi connectivity index (χ1) is 12.1. The highest BCUT2D eigenvalue weighted by atomic mass is 35.5. The van der Waals surface area contributed by atoms with E-state index in [4.69, 9.17) is 11.6 Å². The van der Waals surface area contributed by atoms with E-state index in [0.717, 1.165) is 5.56 Å². The van der Waals surface area contributed by atoms with Crippen LogP contribution >= 0.6 is 22.9 Å². The molecule has 3 aromatic heterocycles. The first kappa shape index (κ1) is 17.3. The number of rotatable bonds is 7. The van der Waals surface area contributed by atoms with Crippen molar-refractivity contribution >= 4 is 34.6 Å². The minimum absolute atomic E-state index is 0.0781. The van der Waals surface area contributed by atoms with Gasteiger partial charge in [-0.15, -0.1) is 11.3 Å². The Balaban J connectivity index is 1.54. The molecule has 0 radical (unpaired) electrons. The highest BCUT2D eigenvalue weighted by molar-refractivity contribution is 7.18. The maximum Gasteiger partial charge on any atom is 0.220 e. The Morgan fingerprint density at radius 1 is 1.16 bits per heavy atom. The van der Waals surface area contributed by atoms with Crippen molar-refractivity contribution in [1.82, 2.24) is 20.1 Å². The summed E-state index contributed by atoms with van der Waals surface area (Å²) in [5.41, 5.74) is 0.843. The molecule has 0 aliphatic rings. The summed E-state index contributed by atoms with van der Waals surface area (Å²) in [4.78, 5) is 28.9. The number of hydrogen-bond acceptors (Lipinski definition) is 5. The number of hydrogen-bond donors (Lipinski definition) is 1. The molecule has 0 unspecified atom stereocenters. The highest BCUT2D eigenvalue weighted by Crippen LogP contribution is 2.22. The number of Topliss-reactive ketones (excluding diaryl/α,β-unsaturated/α-hetero) is 1. The van der Waals surface area contributed by atoms with Gasteiger partial charge in [-0.3, -0.25) is 9.59 Å². The number of halogens is 1. The number of carbonyl (C=O) groups excluding carboxylic acids is 2. The lowest BCUT2D eigenvalue weighted by molar-refractivity contribution is -0.121. The number of ketones is 1. The second-order valence-corrected chi connectivity index (χ2v) is 6.96. The summed E-state index contributed by atoms with van der Waals surface area (Å²) in [7, 11) is 0. The first-order valence-electron chi connectivity index (χ1n) is 7.62. The zero-order chi connectivity index (χ0) is 17.6. The molecule has 0 spiro atoms. The Labute approximate surface area is 153 Å². The van der Waals surface area contributed by atoms with Gasteiger partial charge in [-0.05, 0) is 24.3 Å². The highest BCUT2D eigenvalue weighted by Gasteiger charge is 2.12. The fourth-order valence-electron chi connectivity index (χ4n) is 2.27. The predicted molar refractivity (Wildman–Crippen MR) is 96.1 cm³/mol. The van der Waals surface area contributed by atoms with Crippen LogP contribution in [-0.2, 0) is 11.3 Å². The average Bonchev–Trinajstić information content (AvgIpc) is 3.30. The smallest absolute Gasteiger partial charge is 0.220 e. The zero-order valence-corrected chi connectivity index (χ0v) is 14.8. The number of amides is 1. The van der Waals surface area contributed by atoms with Gasteiger partial charge in [0.25, 0.3) is 0 Å². The molecular formula is C17H15ClN4O2S. The molecule has 0 aliphatic heterocycles. The van der Waals surface area contributed by atoms with Crippen molar-refractivity contribution < 1.29 is 9.59 Å². The van der Waals surface area contributed by atoms with Crippen molar-refractivity contribution in [2.45, 2.75) is 19.4 Å². The Hall–Kier alpha value is -2.51. The van der Waals surface area contributed by atoms with Gasteiger partial charge in [0.15, 0.2) is 11.6 Å².